The van der Waals surface area contributed by atoms with Crippen LogP contribution >= 0.6 is 0 Å². The molecule has 23 heavy (non-hydrogen) atoms. The molecule has 0 heterocycles. The molecule has 2 aromatic rings. The van der Waals surface area contributed by atoms with Gasteiger partial charge >= 0.3 is 6.03 Å². The molecule has 0 fully saturated rings. The van der Waals surface area contributed by atoms with Crippen LogP contribution in [0.25, 0.3) is 0 Å². The van der Waals surface area contributed by atoms with E-state index in [9.17, 15) is 13.6 Å². The molecule has 0 atom stereocenters. The highest BCUT2D eigenvalue weighted by molar-refractivity contribution is 5.89. The summed E-state index contributed by atoms with van der Waals surface area (Å²) in [6.45, 7) is 3.67. The molecule has 0 saturated carbocycles. The third kappa shape index (κ3) is 4.18. The van der Waals surface area contributed by atoms with Crippen LogP contribution in [0.1, 0.15) is 19.4 Å². The summed E-state index contributed by atoms with van der Waals surface area (Å²) in [6.07, 6.45) is 0. The number of carbonyl (C=O) groups is 1. The van der Waals surface area contributed by atoms with Crippen molar-refractivity contribution in [1.82, 2.24) is 5.32 Å². The van der Waals surface area contributed by atoms with Crippen LogP contribution < -0.4 is 15.4 Å². The highest BCUT2D eigenvalue weighted by Gasteiger charge is 2.23. The second-order valence-corrected chi connectivity index (χ2v) is 5.56. The summed E-state index contributed by atoms with van der Waals surface area (Å²) >= 11 is 0. The molecule has 0 radical (unpaired) electrons. The summed E-state index contributed by atoms with van der Waals surface area (Å²) in [5.74, 6) is -1.26. The van der Waals surface area contributed by atoms with Gasteiger partial charge in [0.05, 0.1) is 12.6 Å². The van der Waals surface area contributed by atoms with Crippen LogP contribution in [0.2, 0.25) is 0 Å². The summed E-state index contributed by atoms with van der Waals surface area (Å²) in [7, 11) is 1.58. The first kappa shape index (κ1) is 16.7. The fraction of sp³-hybridized carbons (Fsp3) is 0.235. The Labute approximate surface area is 133 Å². The van der Waals surface area contributed by atoms with Crippen LogP contribution in [-0.2, 0) is 5.54 Å². The summed E-state index contributed by atoms with van der Waals surface area (Å²) in [6, 6.07) is 9.94. The highest BCUT2D eigenvalue weighted by Crippen LogP contribution is 2.23. The number of nitrogens with one attached hydrogen (secondary N) is 2. The predicted molar refractivity (Wildman–Crippen MR) is 84.5 cm³/mol. The molecule has 2 N–H and O–H groups in total. The van der Waals surface area contributed by atoms with E-state index in [0.717, 1.165) is 23.4 Å². The van der Waals surface area contributed by atoms with Crippen molar-refractivity contribution in [2.75, 3.05) is 12.4 Å². The van der Waals surface area contributed by atoms with Crippen LogP contribution in [0, 0.1) is 11.6 Å². The average molecular weight is 320 g/mol. The smallest absolute Gasteiger partial charge is 0.319 e. The fourth-order valence-corrected chi connectivity index (χ4v) is 2.10. The van der Waals surface area contributed by atoms with Gasteiger partial charge < -0.3 is 15.4 Å². The number of amides is 2. The maximum absolute atomic E-state index is 13.1. The number of rotatable bonds is 4. The first-order valence-electron chi connectivity index (χ1n) is 7.00. The number of hydrogen-bond donors (Lipinski definition) is 2. The van der Waals surface area contributed by atoms with Gasteiger partial charge in [-0.2, -0.15) is 0 Å². The van der Waals surface area contributed by atoms with Crippen LogP contribution in [0.3, 0.4) is 0 Å². The normalized spacial score (nSPS) is 11.0. The number of anilines is 1. The first-order valence-corrected chi connectivity index (χ1v) is 7.00. The minimum absolute atomic E-state index is 0.173. The van der Waals surface area contributed by atoms with E-state index in [0.29, 0.717) is 0 Å². The second kappa shape index (κ2) is 6.64. The molecular weight excluding hydrogens is 302 g/mol. The van der Waals surface area contributed by atoms with Gasteiger partial charge in [-0.3, -0.25) is 0 Å². The molecule has 0 saturated heterocycles. The van der Waals surface area contributed by atoms with Crippen molar-refractivity contribution in [2.24, 2.45) is 0 Å². The first-order chi connectivity index (χ1) is 10.8. The van der Waals surface area contributed by atoms with E-state index in [1.807, 2.05) is 26.0 Å². The third-order valence-corrected chi connectivity index (χ3v) is 3.42. The predicted octanol–water partition coefficient (Wildman–Crippen LogP) is 4.03. The molecule has 0 aliphatic carbocycles. The van der Waals surface area contributed by atoms with Crippen LogP contribution in [0.15, 0.2) is 42.5 Å². The Hall–Kier alpha value is -2.63. The van der Waals surface area contributed by atoms with Crippen LogP contribution in [0.4, 0.5) is 19.3 Å². The zero-order chi connectivity index (χ0) is 17.0. The highest BCUT2D eigenvalue weighted by atomic mass is 19.2. The number of ether oxygens (including phenoxy) is 1. The van der Waals surface area contributed by atoms with E-state index in [1.54, 1.807) is 19.2 Å². The molecule has 0 spiro atoms. The minimum Gasteiger partial charge on any atom is -0.497 e. The average Bonchev–Trinajstić information content (AvgIpc) is 2.50. The van der Waals surface area contributed by atoms with Crippen molar-refractivity contribution >= 4 is 11.7 Å². The number of hydrogen-bond acceptors (Lipinski definition) is 2. The molecule has 0 aliphatic heterocycles. The minimum atomic E-state index is -1.02. The molecule has 2 aromatic carbocycles. The van der Waals surface area contributed by atoms with Gasteiger partial charge in [0.1, 0.15) is 5.75 Å². The Kier molecular flexibility index (Phi) is 4.83. The summed E-state index contributed by atoms with van der Waals surface area (Å²) in [4.78, 5) is 12.1. The Morgan fingerprint density at radius 2 is 1.70 bits per heavy atom. The molecule has 0 bridgehead atoms. The molecule has 122 valence electrons. The SMILES string of the molecule is COc1ccc(C(C)(C)NC(=O)Nc2ccc(F)c(F)c2)cc1. The van der Waals surface area contributed by atoms with Crippen molar-refractivity contribution < 1.29 is 18.3 Å². The van der Waals surface area contributed by atoms with Gasteiger partial charge in [0, 0.05) is 11.8 Å². The van der Waals surface area contributed by atoms with Gasteiger partial charge in [-0.25, -0.2) is 13.6 Å². The monoisotopic (exact) mass is 320 g/mol. The fourth-order valence-electron chi connectivity index (χ4n) is 2.10. The van der Waals surface area contributed by atoms with E-state index in [2.05, 4.69) is 10.6 Å². The topological polar surface area (TPSA) is 50.4 Å². The number of halogens is 2. The van der Waals surface area contributed by atoms with E-state index in [-0.39, 0.29) is 5.69 Å². The Morgan fingerprint density at radius 3 is 2.26 bits per heavy atom. The lowest BCUT2D eigenvalue weighted by Gasteiger charge is -2.27. The number of urea groups is 1. The van der Waals surface area contributed by atoms with E-state index in [1.165, 1.54) is 6.07 Å². The number of carbonyl (C=O) groups excluding carboxylic acids is 1. The van der Waals surface area contributed by atoms with Gasteiger partial charge in [-0.15, -0.1) is 0 Å². The Balaban J connectivity index is 2.06. The summed E-state index contributed by atoms with van der Waals surface area (Å²) < 4.78 is 31.1. The van der Waals surface area contributed by atoms with Crippen molar-refractivity contribution in [3.05, 3.63) is 59.7 Å². The lowest BCUT2D eigenvalue weighted by atomic mass is 9.94. The molecule has 6 heteroatoms. The molecule has 0 aromatic heterocycles. The quantitative estimate of drug-likeness (QED) is 0.893. The molecule has 0 aliphatic rings. The molecular formula is C17H18F2N2O2. The van der Waals surface area contributed by atoms with E-state index in [4.69, 9.17) is 4.74 Å². The second-order valence-electron chi connectivity index (χ2n) is 5.56. The molecule has 2 rings (SSSR count). The van der Waals surface area contributed by atoms with Crippen molar-refractivity contribution in [3.63, 3.8) is 0 Å². The standard InChI is InChI=1S/C17H18F2N2O2/c1-17(2,11-4-7-13(23-3)8-5-11)21-16(22)20-12-6-9-14(18)15(19)10-12/h4-10H,1-3H3,(H2,20,21,22). The largest absolute Gasteiger partial charge is 0.497 e. The number of methoxy groups -OCH3 is 1. The summed E-state index contributed by atoms with van der Waals surface area (Å²) in [5.41, 5.74) is 0.389. The Bertz CT molecular complexity index is 700. The molecule has 0 unspecified atom stereocenters. The maximum Gasteiger partial charge on any atom is 0.319 e. The maximum atomic E-state index is 13.1. The molecule has 2 amide bonds. The van der Waals surface area contributed by atoms with E-state index >= 15 is 0 Å². The van der Waals surface area contributed by atoms with Crippen molar-refractivity contribution in [1.29, 1.82) is 0 Å². The molecule has 4 nitrogen and oxygen atoms in total. The van der Waals surface area contributed by atoms with Crippen LogP contribution in [0.5, 0.6) is 5.75 Å². The van der Waals surface area contributed by atoms with E-state index < -0.39 is 23.2 Å². The van der Waals surface area contributed by atoms with Crippen molar-refractivity contribution in [2.45, 2.75) is 19.4 Å². The van der Waals surface area contributed by atoms with Gasteiger partial charge in [0.2, 0.25) is 0 Å². The van der Waals surface area contributed by atoms with Crippen molar-refractivity contribution in [3.8, 4) is 5.75 Å². The lowest BCUT2D eigenvalue weighted by molar-refractivity contribution is 0.242. The van der Waals surface area contributed by atoms with Crippen LogP contribution in [-0.4, -0.2) is 13.1 Å². The summed E-state index contributed by atoms with van der Waals surface area (Å²) in [5, 5.41) is 5.26. The number of benzene rings is 2. The third-order valence-electron chi connectivity index (χ3n) is 3.42. The Morgan fingerprint density at radius 1 is 1.04 bits per heavy atom. The van der Waals surface area contributed by atoms with Gasteiger partial charge in [-0.1, -0.05) is 12.1 Å². The zero-order valence-corrected chi connectivity index (χ0v) is 13.1. The van der Waals surface area contributed by atoms with Gasteiger partial charge in [0.15, 0.2) is 11.6 Å². The van der Waals surface area contributed by atoms with Gasteiger partial charge in [-0.05, 0) is 43.7 Å². The zero-order valence-electron chi connectivity index (χ0n) is 13.1. The van der Waals surface area contributed by atoms with Gasteiger partial charge in [0.25, 0.3) is 0 Å². The lowest BCUT2D eigenvalue weighted by Crippen LogP contribution is -2.43.